The Balaban J connectivity index is 1.53. The first-order chi connectivity index (χ1) is 8.79. The molecule has 1 saturated carbocycles. The van der Waals surface area contributed by atoms with Gasteiger partial charge in [-0.05, 0) is 57.5 Å². The van der Waals surface area contributed by atoms with Crippen LogP contribution in [0.25, 0.3) is 0 Å². The molecule has 2 atom stereocenters. The third kappa shape index (κ3) is 4.87. The number of nitrogens with one attached hydrogen (secondary N) is 1. The van der Waals surface area contributed by atoms with E-state index in [0.29, 0.717) is 6.04 Å². The molecule has 1 aliphatic carbocycles. The van der Waals surface area contributed by atoms with Crippen molar-refractivity contribution in [3.8, 4) is 0 Å². The first-order valence-electron chi connectivity index (χ1n) is 7.83. The van der Waals surface area contributed by atoms with Crippen LogP contribution in [-0.4, -0.2) is 50.3 Å². The van der Waals surface area contributed by atoms with Crippen molar-refractivity contribution in [1.82, 2.24) is 10.2 Å². The van der Waals surface area contributed by atoms with Gasteiger partial charge in [0.25, 0.3) is 0 Å². The summed E-state index contributed by atoms with van der Waals surface area (Å²) in [6, 6.07) is 0.629. The number of hydrogen-bond acceptors (Lipinski definition) is 3. The Morgan fingerprint density at radius 2 is 2.17 bits per heavy atom. The van der Waals surface area contributed by atoms with Gasteiger partial charge in [-0.2, -0.15) is 0 Å². The lowest BCUT2D eigenvalue weighted by molar-refractivity contribution is 0.115. The van der Waals surface area contributed by atoms with Crippen LogP contribution in [0.4, 0.5) is 0 Å². The van der Waals surface area contributed by atoms with E-state index in [-0.39, 0.29) is 0 Å². The van der Waals surface area contributed by atoms with Crippen LogP contribution in [-0.2, 0) is 4.74 Å². The molecule has 0 aromatic carbocycles. The molecule has 1 N–H and O–H groups in total. The monoisotopic (exact) mass is 254 g/mol. The predicted octanol–water partition coefficient (Wildman–Crippen LogP) is 2.12. The lowest BCUT2D eigenvalue weighted by Crippen LogP contribution is -2.45. The van der Waals surface area contributed by atoms with Gasteiger partial charge in [-0.1, -0.05) is 6.92 Å². The van der Waals surface area contributed by atoms with Crippen LogP contribution in [0.3, 0.4) is 0 Å². The maximum Gasteiger partial charge on any atom is 0.0591 e. The largest absolute Gasteiger partial charge is 0.380 e. The molecule has 2 aliphatic rings. The number of likely N-dealkylation sites (tertiary alicyclic amines) is 1. The number of nitrogens with zero attached hydrogens (tertiary/aromatic N) is 1. The van der Waals surface area contributed by atoms with Crippen molar-refractivity contribution in [2.24, 2.45) is 11.8 Å². The molecule has 0 aromatic heterocycles. The van der Waals surface area contributed by atoms with Gasteiger partial charge in [0.1, 0.15) is 0 Å². The molecule has 0 radical (unpaired) electrons. The molecule has 2 unspecified atom stereocenters. The highest BCUT2D eigenvalue weighted by Gasteiger charge is 2.23. The Labute approximate surface area is 112 Å². The highest BCUT2D eigenvalue weighted by Crippen LogP contribution is 2.28. The van der Waals surface area contributed by atoms with E-state index in [4.69, 9.17) is 4.74 Å². The van der Waals surface area contributed by atoms with E-state index in [1.807, 2.05) is 0 Å². The molecule has 1 aliphatic heterocycles. The molecule has 18 heavy (non-hydrogen) atoms. The normalized spacial score (nSPS) is 27.3. The summed E-state index contributed by atoms with van der Waals surface area (Å²) >= 11 is 0. The highest BCUT2D eigenvalue weighted by molar-refractivity contribution is 4.80. The van der Waals surface area contributed by atoms with Crippen LogP contribution in [0.5, 0.6) is 0 Å². The van der Waals surface area contributed by atoms with Gasteiger partial charge in [-0.3, -0.25) is 0 Å². The molecule has 106 valence electrons. The molecule has 2 fully saturated rings. The SMILES string of the molecule is CCN1CCCC(C(C)NCCOCC2CC2)C1. The van der Waals surface area contributed by atoms with Crippen molar-refractivity contribution in [3.63, 3.8) is 0 Å². The Kier molecular flexibility index (Phi) is 5.93. The Morgan fingerprint density at radius 3 is 2.89 bits per heavy atom. The van der Waals surface area contributed by atoms with Gasteiger partial charge in [-0.25, -0.2) is 0 Å². The number of ether oxygens (including phenoxy) is 1. The van der Waals surface area contributed by atoms with E-state index in [1.165, 1.54) is 45.3 Å². The average Bonchev–Trinajstić information content (AvgIpc) is 3.22. The number of piperidine rings is 1. The van der Waals surface area contributed by atoms with Gasteiger partial charge >= 0.3 is 0 Å². The second-order valence-electron chi connectivity index (χ2n) is 6.06. The fourth-order valence-corrected chi connectivity index (χ4v) is 2.85. The quantitative estimate of drug-likeness (QED) is 0.672. The number of rotatable bonds is 8. The van der Waals surface area contributed by atoms with Crippen molar-refractivity contribution >= 4 is 0 Å². The van der Waals surface area contributed by atoms with Crippen molar-refractivity contribution in [2.45, 2.75) is 45.6 Å². The first kappa shape index (κ1) is 14.3. The van der Waals surface area contributed by atoms with Crippen LogP contribution in [0.2, 0.25) is 0 Å². The van der Waals surface area contributed by atoms with Crippen LogP contribution >= 0.6 is 0 Å². The summed E-state index contributed by atoms with van der Waals surface area (Å²) in [6.45, 7) is 11.3. The minimum atomic E-state index is 0.629. The third-order valence-corrected chi connectivity index (χ3v) is 4.46. The molecule has 0 spiro atoms. The summed E-state index contributed by atoms with van der Waals surface area (Å²) in [6.07, 6.45) is 5.52. The molecule has 1 heterocycles. The zero-order valence-corrected chi connectivity index (χ0v) is 12.2. The van der Waals surface area contributed by atoms with Gasteiger partial charge in [0.05, 0.1) is 6.61 Å². The Morgan fingerprint density at radius 1 is 1.33 bits per heavy atom. The summed E-state index contributed by atoms with van der Waals surface area (Å²) in [5.41, 5.74) is 0. The van der Waals surface area contributed by atoms with Crippen LogP contribution in [0.15, 0.2) is 0 Å². The zero-order chi connectivity index (χ0) is 12.8. The maximum atomic E-state index is 5.66. The van der Waals surface area contributed by atoms with Crippen molar-refractivity contribution < 1.29 is 4.74 Å². The third-order valence-electron chi connectivity index (χ3n) is 4.46. The molecule has 3 heteroatoms. The minimum Gasteiger partial charge on any atom is -0.380 e. The second-order valence-corrected chi connectivity index (χ2v) is 6.06. The van der Waals surface area contributed by atoms with E-state index < -0.39 is 0 Å². The summed E-state index contributed by atoms with van der Waals surface area (Å²) in [5, 5.41) is 3.64. The summed E-state index contributed by atoms with van der Waals surface area (Å²) in [4.78, 5) is 2.58. The van der Waals surface area contributed by atoms with Crippen molar-refractivity contribution in [3.05, 3.63) is 0 Å². The molecule has 0 aromatic rings. The summed E-state index contributed by atoms with van der Waals surface area (Å²) in [5.74, 6) is 1.71. The van der Waals surface area contributed by atoms with E-state index in [9.17, 15) is 0 Å². The van der Waals surface area contributed by atoms with E-state index in [2.05, 4.69) is 24.1 Å². The van der Waals surface area contributed by atoms with Gasteiger partial charge in [0, 0.05) is 25.7 Å². The molecule has 2 rings (SSSR count). The van der Waals surface area contributed by atoms with Crippen LogP contribution < -0.4 is 5.32 Å². The van der Waals surface area contributed by atoms with Crippen molar-refractivity contribution in [2.75, 3.05) is 39.4 Å². The molecule has 1 saturated heterocycles. The predicted molar refractivity (Wildman–Crippen MR) is 75.8 cm³/mol. The lowest BCUT2D eigenvalue weighted by Gasteiger charge is -2.35. The van der Waals surface area contributed by atoms with Gasteiger partial charge in [0.15, 0.2) is 0 Å². The summed E-state index contributed by atoms with van der Waals surface area (Å²) < 4.78 is 5.66. The lowest BCUT2D eigenvalue weighted by atomic mass is 9.91. The van der Waals surface area contributed by atoms with E-state index >= 15 is 0 Å². The Hall–Kier alpha value is -0.120. The molecular weight excluding hydrogens is 224 g/mol. The second kappa shape index (κ2) is 7.46. The average molecular weight is 254 g/mol. The fraction of sp³-hybridized carbons (Fsp3) is 1.00. The zero-order valence-electron chi connectivity index (χ0n) is 12.2. The standard InChI is InChI=1S/C15H30N2O/c1-3-17-9-4-5-15(11-17)13(2)16-8-10-18-12-14-6-7-14/h13-16H,3-12H2,1-2H3. The number of hydrogen-bond donors (Lipinski definition) is 1. The Bertz CT molecular complexity index is 231. The van der Waals surface area contributed by atoms with Crippen LogP contribution in [0.1, 0.15) is 39.5 Å². The summed E-state index contributed by atoms with van der Waals surface area (Å²) in [7, 11) is 0. The molecular formula is C15H30N2O. The van der Waals surface area contributed by atoms with Gasteiger partial charge in [0.2, 0.25) is 0 Å². The van der Waals surface area contributed by atoms with Gasteiger partial charge in [-0.15, -0.1) is 0 Å². The minimum absolute atomic E-state index is 0.629. The van der Waals surface area contributed by atoms with E-state index in [1.54, 1.807) is 0 Å². The molecule has 0 bridgehead atoms. The van der Waals surface area contributed by atoms with Crippen molar-refractivity contribution in [1.29, 1.82) is 0 Å². The topological polar surface area (TPSA) is 24.5 Å². The maximum absolute atomic E-state index is 5.66. The molecule has 0 amide bonds. The van der Waals surface area contributed by atoms with Gasteiger partial charge < -0.3 is 15.0 Å². The fourth-order valence-electron chi connectivity index (χ4n) is 2.85. The highest BCUT2D eigenvalue weighted by atomic mass is 16.5. The molecule has 3 nitrogen and oxygen atoms in total. The first-order valence-corrected chi connectivity index (χ1v) is 7.83. The van der Waals surface area contributed by atoms with Crippen LogP contribution in [0, 0.1) is 11.8 Å². The van der Waals surface area contributed by atoms with E-state index in [0.717, 1.165) is 31.6 Å². The smallest absolute Gasteiger partial charge is 0.0591 e.